The van der Waals surface area contributed by atoms with Gasteiger partial charge in [0.15, 0.2) is 0 Å². The Labute approximate surface area is 45.3 Å². The summed E-state index contributed by atoms with van der Waals surface area (Å²) in [7, 11) is -4.47. The topological polar surface area (TPSA) is 110 Å². The third-order valence-electron chi connectivity index (χ3n) is 0.236. The zero-order chi connectivity index (χ0) is 6.78. The predicted octanol–water partition coefficient (Wildman–Crippen LogP) is -2.07. The summed E-state index contributed by atoms with van der Waals surface area (Å²) in [5.74, 6) is 0. The number of hydrogen-bond acceptors (Lipinski definition) is 6. The molecule has 0 aliphatic heterocycles. The van der Waals surface area contributed by atoms with Crippen LogP contribution in [0, 0.1) is 0 Å². The lowest BCUT2D eigenvalue weighted by atomic mass is 11.4. The van der Waals surface area contributed by atoms with Crippen LogP contribution in [0.2, 0.25) is 0 Å². The van der Waals surface area contributed by atoms with Crippen molar-refractivity contribution in [3.05, 3.63) is 0 Å². The van der Waals surface area contributed by atoms with Gasteiger partial charge in [0.2, 0.25) is 0 Å². The largest absolute Gasteiger partial charge is 0.572 e. The van der Waals surface area contributed by atoms with Crippen molar-refractivity contribution in [1.82, 2.24) is 0 Å². The van der Waals surface area contributed by atoms with E-state index in [1.54, 1.807) is 0 Å². The van der Waals surface area contributed by atoms with E-state index in [0.29, 0.717) is 0 Å². The van der Waals surface area contributed by atoms with Gasteiger partial charge >= 0.3 is 14.6 Å². The molecule has 7 heteroatoms. The molecular weight excluding hydrogens is 139 g/mol. The van der Waals surface area contributed by atoms with Gasteiger partial charge in [0.05, 0.1) is 0 Å². The minimum atomic E-state index is -4.47. The highest BCUT2D eigenvalue weighted by Gasteiger charge is 2.36. The average molecular weight is 145 g/mol. The Morgan fingerprint density at radius 2 is 1.50 bits per heavy atom. The molecule has 50 valence electrons. The molecule has 0 aromatic carbocycles. The quantitative estimate of drug-likeness (QED) is 0.225. The first kappa shape index (κ1) is 8.19. The molecule has 0 radical (unpaired) electrons. The third-order valence-corrected chi connectivity index (χ3v) is 0.707. The number of rotatable bonds is 2. The van der Waals surface area contributed by atoms with Crippen LogP contribution in [0.1, 0.15) is 0 Å². The summed E-state index contributed by atoms with van der Waals surface area (Å²) in [6.07, 6.45) is 0. The van der Waals surface area contributed by atoms with Crippen molar-refractivity contribution < 1.29 is 29.4 Å². The summed E-state index contributed by atoms with van der Waals surface area (Å²) in [5, 5.41) is 15.5. The fourth-order valence-corrected chi connectivity index (χ4v) is 0.379. The molecule has 0 atom stereocenters. The Morgan fingerprint density at radius 3 is 1.50 bits per heavy atom. The monoisotopic (exact) mass is 145 g/mol. The summed E-state index contributed by atoms with van der Waals surface area (Å²) in [6.45, 7) is -2.36. The number of aliphatic hydroxyl groups is 2. The van der Waals surface area contributed by atoms with Gasteiger partial charge in [0.25, 0.3) is 0 Å². The lowest BCUT2D eigenvalue weighted by Crippen LogP contribution is -2.10. The Morgan fingerprint density at radius 1 is 1.12 bits per heavy atom. The SMILES string of the molecule is OC(O)O[P+](O)(O)O. The van der Waals surface area contributed by atoms with Crippen molar-refractivity contribution in [2.24, 2.45) is 0 Å². The van der Waals surface area contributed by atoms with Crippen LogP contribution < -0.4 is 0 Å². The van der Waals surface area contributed by atoms with Crippen molar-refractivity contribution in [1.29, 1.82) is 0 Å². The molecule has 8 heavy (non-hydrogen) atoms. The van der Waals surface area contributed by atoms with E-state index < -0.39 is 14.6 Å². The maximum atomic E-state index is 7.87. The Hall–Kier alpha value is 0.190. The van der Waals surface area contributed by atoms with Gasteiger partial charge in [0, 0.05) is 0 Å². The molecule has 0 saturated heterocycles. The zero-order valence-corrected chi connectivity index (χ0v) is 4.56. The number of hydrogen-bond donors (Lipinski definition) is 5. The van der Waals surface area contributed by atoms with Crippen molar-refractivity contribution in [2.45, 2.75) is 6.48 Å². The van der Waals surface area contributed by atoms with E-state index in [1.165, 1.54) is 0 Å². The summed E-state index contributed by atoms with van der Waals surface area (Å²) in [5.41, 5.74) is 0. The van der Waals surface area contributed by atoms with E-state index >= 15 is 0 Å². The van der Waals surface area contributed by atoms with E-state index in [0.717, 1.165) is 0 Å². The van der Waals surface area contributed by atoms with E-state index in [1.807, 2.05) is 0 Å². The highest BCUT2D eigenvalue weighted by molar-refractivity contribution is 7.53. The fourth-order valence-electron chi connectivity index (χ4n) is 0.126. The lowest BCUT2D eigenvalue weighted by Gasteiger charge is -2.01. The van der Waals surface area contributed by atoms with Gasteiger partial charge in [-0.05, 0) is 0 Å². The second-order valence-corrected chi connectivity index (χ2v) is 2.18. The second kappa shape index (κ2) is 2.65. The second-order valence-electron chi connectivity index (χ2n) is 0.945. The van der Waals surface area contributed by atoms with Crippen LogP contribution in [0.25, 0.3) is 0 Å². The molecule has 0 amide bonds. The molecular formula is CH6O6P+. The maximum absolute atomic E-state index is 7.87. The van der Waals surface area contributed by atoms with Crippen molar-refractivity contribution in [2.75, 3.05) is 0 Å². The fraction of sp³-hybridized carbons (Fsp3) is 1.00. The maximum Gasteiger partial charge on any atom is 0.572 e. The molecule has 0 unspecified atom stereocenters. The predicted molar refractivity (Wildman–Crippen MR) is 22.9 cm³/mol. The molecule has 0 bridgehead atoms. The van der Waals surface area contributed by atoms with Crippen molar-refractivity contribution >= 4 is 8.17 Å². The Balaban J connectivity index is 3.39. The number of aliphatic hydroxyl groups excluding tert-OH is 1. The van der Waals surface area contributed by atoms with Crippen LogP contribution in [0.15, 0.2) is 0 Å². The van der Waals surface area contributed by atoms with Gasteiger partial charge < -0.3 is 10.2 Å². The molecule has 0 rings (SSSR count). The first-order chi connectivity index (χ1) is 3.42. The van der Waals surface area contributed by atoms with Gasteiger partial charge in [-0.1, -0.05) is 4.52 Å². The zero-order valence-electron chi connectivity index (χ0n) is 3.67. The highest BCUT2D eigenvalue weighted by atomic mass is 31.2. The smallest absolute Gasteiger partial charge is 0.343 e. The summed E-state index contributed by atoms with van der Waals surface area (Å²) >= 11 is 0. The molecule has 0 heterocycles. The van der Waals surface area contributed by atoms with E-state index in [2.05, 4.69) is 4.52 Å². The first-order valence-corrected chi connectivity index (χ1v) is 3.10. The van der Waals surface area contributed by atoms with E-state index in [4.69, 9.17) is 24.9 Å². The third kappa shape index (κ3) is 6.19. The Kier molecular flexibility index (Phi) is 2.72. The summed E-state index contributed by atoms with van der Waals surface area (Å²) < 4.78 is 3.33. The molecule has 0 saturated carbocycles. The Bertz CT molecular complexity index is 63.4. The molecule has 0 aromatic rings. The minimum Gasteiger partial charge on any atom is -0.343 e. The molecule has 5 N–H and O–H groups in total. The average Bonchev–Trinajstić information content (AvgIpc) is 1.21. The minimum absolute atomic E-state index is 2.36. The summed E-state index contributed by atoms with van der Waals surface area (Å²) in [6, 6.07) is 0. The van der Waals surface area contributed by atoms with Crippen LogP contribution >= 0.6 is 8.17 Å². The van der Waals surface area contributed by atoms with Crippen LogP contribution in [-0.2, 0) is 4.52 Å². The highest BCUT2D eigenvalue weighted by Crippen LogP contribution is 2.46. The molecule has 0 spiro atoms. The van der Waals surface area contributed by atoms with Gasteiger partial charge in [-0.2, -0.15) is 14.7 Å². The molecule has 0 fully saturated rings. The molecule has 0 aliphatic carbocycles. The van der Waals surface area contributed by atoms with Crippen LogP contribution in [-0.4, -0.2) is 31.4 Å². The summed E-state index contributed by atoms with van der Waals surface area (Å²) in [4.78, 5) is 23.6. The van der Waals surface area contributed by atoms with Crippen LogP contribution in [0.3, 0.4) is 0 Å². The van der Waals surface area contributed by atoms with E-state index in [-0.39, 0.29) is 0 Å². The van der Waals surface area contributed by atoms with Crippen molar-refractivity contribution in [3.8, 4) is 0 Å². The van der Waals surface area contributed by atoms with Crippen molar-refractivity contribution in [3.63, 3.8) is 0 Å². The molecule has 0 aliphatic rings. The molecule has 6 nitrogen and oxygen atoms in total. The molecule has 0 aromatic heterocycles. The van der Waals surface area contributed by atoms with Gasteiger partial charge in [0.1, 0.15) is 0 Å². The normalized spacial score (nSPS) is 12.8. The first-order valence-electron chi connectivity index (χ1n) is 1.53. The van der Waals surface area contributed by atoms with Crippen LogP contribution in [0.5, 0.6) is 0 Å². The lowest BCUT2D eigenvalue weighted by molar-refractivity contribution is -0.193. The van der Waals surface area contributed by atoms with E-state index in [9.17, 15) is 0 Å². The van der Waals surface area contributed by atoms with Crippen LogP contribution in [0.4, 0.5) is 0 Å². The van der Waals surface area contributed by atoms with Gasteiger partial charge in [-0.15, -0.1) is 0 Å². The van der Waals surface area contributed by atoms with Gasteiger partial charge in [-0.25, -0.2) is 0 Å². The standard InChI is InChI=1S/CH6O6P/c2-1(3)7-8(4,5)6/h1-6H/q+1. The van der Waals surface area contributed by atoms with Gasteiger partial charge in [-0.3, -0.25) is 0 Å².